The Morgan fingerprint density at radius 3 is 2.83 bits per heavy atom. The molecule has 0 spiro atoms. The maximum Gasteiger partial charge on any atom is 0.118 e. The summed E-state index contributed by atoms with van der Waals surface area (Å²) in [5.74, 6) is 0. The highest BCUT2D eigenvalue weighted by Crippen LogP contribution is 2.24. The van der Waals surface area contributed by atoms with Crippen molar-refractivity contribution in [2.24, 2.45) is 5.16 Å². The summed E-state index contributed by atoms with van der Waals surface area (Å²) in [6.07, 6.45) is 5.13. The molecular formula is C17H18ClN3OS. The van der Waals surface area contributed by atoms with Crippen LogP contribution in [-0.2, 0) is 4.84 Å². The van der Waals surface area contributed by atoms with Gasteiger partial charge in [-0.15, -0.1) is 11.3 Å². The predicted octanol–water partition coefficient (Wildman–Crippen LogP) is 3.94. The van der Waals surface area contributed by atoms with Crippen molar-refractivity contribution in [3.8, 4) is 0 Å². The zero-order chi connectivity index (χ0) is 16.1. The molecule has 0 N–H and O–H groups in total. The number of rotatable bonds is 5. The monoisotopic (exact) mass is 347 g/mol. The summed E-state index contributed by atoms with van der Waals surface area (Å²) >= 11 is 7.65. The van der Waals surface area contributed by atoms with Gasteiger partial charge >= 0.3 is 0 Å². The fourth-order valence-corrected chi connectivity index (χ4v) is 3.40. The van der Waals surface area contributed by atoms with Crippen LogP contribution in [0.1, 0.15) is 17.0 Å². The van der Waals surface area contributed by atoms with Gasteiger partial charge in [-0.05, 0) is 24.1 Å². The van der Waals surface area contributed by atoms with Gasteiger partial charge in [0.25, 0.3) is 0 Å². The second-order valence-corrected chi connectivity index (χ2v) is 6.61. The number of aromatic nitrogens is 1. The summed E-state index contributed by atoms with van der Waals surface area (Å²) in [5.41, 5.74) is 3.29. The third-order valence-electron chi connectivity index (χ3n) is 3.75. The van der Waals surface area contributed by atoms with Gasteiger partial charge in [0.05, 0.1) is 0 Å². The zero-order valence-corrected chi connectivity index (χ0v) is 14.5. The molecule has 0 unspecified atom stereocenters. The molecule has 0 saturated carbocycles. The normalized spacial score (nSPS) is 16.3. The number of thiazole rings is 1. The van der Waals surface area contributed by atoms with Crippen molar-refractivity contribution in [1.82, 2.24) is 9.88 Å². The van der Waals surface area contributed by atoms with Gasteiger partial charge in [-0.3, -0.25) is 4.90 Å². The molecule has 3 rings (SSSR count). The first-order valence-electron chi connectivity index (χ1n) is 7.43. The Bertz CT molecular complexity index is 695. The van der Waals surface area contributed by atoms with Gasteiger partial charge in [0.2, 0.25) is 0 Å². The average Bonchev–Trinajstić information content (AvgIpc) is 3.10. The first kappa shape index (κ1) is 16.2. The molecule has 0 aliphatic carbocycles. The number of hydrogen-bond donors (Lipinski definition) is 0. The molecule has 0 fully saturated rings. The highest BCUT2D eigenvalue weighted by molar-refractivity contribution is 7.10. The fraction of sp³-hybridized carbons (Fsp3) is 0.294. The molecular weight excluding hydrogens is 330 g/mol. The lowest BCUT2D eigenvalue weighted by Crippen LogP contribution is -2.34. The van der Waals surface area contributed by atoms with Crippen LogP contribution in [-0.4, -0.2) is 42.3 Å². The highest BCUT2D eigenvalue weighted by Gasteiger charge is 2.17. The number of hydrogen-bond acceptors (Lipinski definition) is 5. The Hall–Kier alpha value is -1.69. The molecule has 120 valence electrons. The lowest BCUT2D eigenvalue weighted by molar-refractivity contribution is 0.210. The van der Waals surface area contributed by atoms with E-state index in [0.717, 1.165) is 47.4 Å². The van der Waals surface area contributed by atoms with E-state index in [1.54, 1.807) is 18.4 Å². The highest BCUT2D eigenvalue weighted by atomic mass is 35.5. The van der Waals surface area contributed by atoms with Crippen LogP contribution in [0.5, 0.6) is 0 Å². The Morgan fingerprint density at radius 2 is 2.22 bits per heavy atom. The van der Waals surface area contributed by atoms with Crippen LogP contribution in [0.3, 0.4) is 0 Å². The first-order valence-corrected chi connectivity index (χ1v) is 8.69. The van der Waals surface area contributed by atoms with E-state index in [1.807, 2.05) is 35.8 Å². The Kier molecular flexibility index (Phi) is 5.43. The van der Waals surface area contributed by atoms with E-state index < -0.39 is 0 Å². The second kappa shape index (κ2) is 7.73. The smallest absolute Gasteiger partial charge is 0.118 e. The Labute approximate surface area is 145 Å². The lowest BCUT2D eigenvalue weighted by Gasteiger charge is -2.26. The lowest BCUT2D eigenvalue weighted by atomic mass is 10.1. The topological polar surface area (TPSA) is 37.7 Å². The van der Waals surface area contributed by atoms with Crippen LogP contribution < -0.4 is 0 Å². The van der Waals surface area contributed by atoms with Gasteiger partial charge in [0, 0.05) is 41.8 Å². The molecule has 23 heavy (non-hydrogen) atoms. The van der Waals surface area contributed by atoms with Gasteiger partial charge in [-0.1, -0.05) is 35.0 Å². The third kappa shape index (κ3) is 4.19. The van der Waals surface area contributed by atoms with Crippen LogP contribution in [0.25, 0.3) is 5.57 Å². The van der Waals surface area contributed by atoms with E-state index in [9.17, 15) is 0 Å². The Balaban J connectivity index is 1.68. The summed E-state index contributed by atoms with van der Waals surface area (Å²) in [5, 5.41) is 8.06. The van der Waals surface area contributed by atoms with Gasteiger partial charge in [-0.25, -0.2) is 4.98 Å². The van der Waals surface area contributed by atoms with E-state index in [1.165, 1.54) is 5.57 Å². The molecule has 0 radical (unpaired) electrons. The summed E-state index contributed by atoms with van der Waals surface area (Å²) in [6, 6.07) is 7.69. The van der Waals surface area contributed by atoms with E-state index in [0.29, 0.717) is 0 Å². The van der Waals surface area contributed by atoms with Crippen molar-refractivity contribution in [2.75, 3.05) is 26.7 Å². The zero-order valence-electron chi connectivity index (χ0n) is 12.9. The van der Waals surface area contributed by atoms with Crippen molar-refractivity contribution in [2.45, 2.75) is 6.42 Å². The maximum atomic E-state index is 5.96. The number of benzene rings is 1. The summed E-state index contributed by atoms with van der Waals surface area (Å²) in [6.45, 7) is 2.63. The van der Waals surface area contributed by atoms with Gasteiger partial charge in [-0.2, -0.15) is 0 Å². The predicted molar refractivity (Wildman–Crippen MR) is 96.1 cm³/mol. The van der Waals surface area contributed by atoms with Gasteiger partial charge in [0.1, 0.15) is 17.8 Å². The molecule has 0 atom stereocenters. The van der Waals surface area contributed by atoms with Crippen LogP contribution in [0, 0.1) is 0 Å². The van der Waals surface area contributed by atoms with Crippen molar-refractivity contribution >= 4 is 34.2 Å². The van der Waals surface area contributed by atoms with E-state index in [-0.39, 0.29) is 0 Å². The molecule has 2 aromatic rings. The van der Waals surface area contributed by atoms with Crippen LogP contribution in [0.2, 0.25) is 5.02 Å². The Morgan fingerprint density at radius 1 is 1.39 bits per heavy atom. The molecule has 0 amide bonds. The summed E-state index contributed by atoms with van der Waals surface area (Å²) in [4.78, 5) is 11.8. The number of nitrogens with zero attached hydrogens (tertiary/aromatic N) is 3. The van der Waals surface area contributed by atoms with E-state index >= 15 is 0 Å². The van der Waals surface area contributed by atoms with E-state index in [4.69, 9.17) is 16.4 Å². The molecule has 1 aliphatic rings. The van der Waals surface area contributed by atoms with Crippen LogP contribution in [0.4, 0.5) is 0 Å². The fourth-order valence-electron chi connectivity index (χ4n) is 2.57. The SMILES string of the molecule is CO/N=C(/CN1CC=C(c2nccs2)CC1)c1ccc(Cl)cc1. The first-order chi connectivity index (χ1) is 11.3. The van der Waals surface area contributed by atoms with Crippen LogP contribution >= 0.6 is 22.9 Å². The van der Waals surface area contributed by atoms with Crippen molar-refractivity contribution < 1.29 is 4.84 Å². The van der Waals surface area contributed by atoms with Crippen molar-refractivity contribution in [3.63, 3.8) is 0 Å². The number of oxime groups is 1. The molecule has 0 bridgehead atoms. The minimum Gasteiger partial charge on any atom is -0.399 e. The van der Waals surface area contributed by atoms with Gasteiger partial charge in [0.15, 0.2) is 0 Å². The van der Waals surface area contributed by atoms with Crippen molar-refractivity contribution in [3.05, 3.63) is 57.5 Å². The average molecular weight is 348 g/mol. The summed E-state index contributed by atoms with van der Waals surface area (Å²) in [7, 11) is 1.58. The second-order valence-electron chi connectivity index (χ2n) is 5.28. The molecule has 0 saturated heterocycles. The maximum absolute atomic E-state index is 5.96. The summed E-state index contributed by atoms with van der Waals surface area (Å²) < 4.78 is 0. The molecule has 6 heteroatoms. The molecule has 4 nitrogen and oxygen atoms in total. The van der Waals surface area contributed by atoms with Crippen molar-refractivity contribution in [1.29, 1.82) is 0 Å². The molecule has 1 aromatic heterocycles. The standard InChI is InChI=1S/C17H18ClN3OS/c1-22-20-16(13-2-4-15(18)5-3-13)12-21-9-6-14(7-10-21)17-19-8-11-23-17/h2-6,8,11H,7,9-10,12H2,1H3/b20-16-. The van der Waals surface area contributed by atoms with Gasteiger partial charge < -0.3 is 4.84 Å². The molecule has 2 heterocycles. The van der Waals surface area contributed by atoms with Crippen LogP contribution in [0.15, 0.2) is 47.1 Å². The molecule has 1 aromatic carbocycles. The quantitative estimate of drug-likeness (QED) is 0.607. The third-order valence-corrected chi connectivity index (χ3v) is 4.85. The molecule has 1 aliphatic heterocycles. The minimum absolute atomic E-state index is 0.722. The van der Waals surface area contributed by atoms with E-state index in [2.05, 4.69) is 21.1 Å². The minimum atomic E-state index is 0.722. The largest absolute Gasteiger partial charge is 0.399 e. The number of halogens is 1.